The minimum absolute atomic E-state index is 0.0467. The van der Waals surface area contributed by atoms with Crippen LogP contribution in [0, 0.1) is 0 Å². The highest BCUT2D eigenvalue weighted by Gasteiger charge is 2.10. The van der Waals surface area contributed by atoms with Crippen molar-refractivity contribution in [3.8, 4) is 5.75 Å². The van der Waals surface area contributed by atoms with Crippen molar-refractivity contribution < 1.29 is 14.3 Å². The molecule has 126 valence electrons. The molecule has 2 aromatic carbocycles. The summed E-state index contributed by atoms with van der Waals surface area (Å²) in [7, 11) is 0. The van der Waals surface area contributed by atoms with Gasteiger partial charge in [0, 0.05) is 24.1 Å². The van der Waals surface area contributed by atoms with E-state index in [1.54, 1.807) is 24.3 Å². The van der Waals surface area contributed by atoms with Gasteiger partial charge in [-0.05, 0) is 55.3 Å². The molecule has 0 unspecified atom stereocenters. The Balaban J connectivity index is 1.82. The maximum atomic E-state index is 12.1. The largest absolute Gasteiger partial charge is 0.494 e. The number of amides is 1. The molecule has 0 fully saturated rings. The van der Waals surface area contributed by atoms with Crippen molar-refractivity contribution in [3.05, 3.63) is 59.7 Å². The van der Waals surface area contributed by atoms with Gasteiger partial charge < -0.3 is 10.1 Å². The van der Waals surface area contributed by atoms with Crippen LogP contribution >= 0.6 is 0 Å². The van der Waals surface area contributed by atoms with Crippen LogP contribution in [-0.4, -0.2) is 18.3 Å². The van der Waals surface area contributed by atoms with Crippen molar-refractivity contribution in [1.82, 2.24) is 0 Å². The van der Waals surface area contributed by atoms with E-state index in [9.17, 15) is 9.59 Å². The Labute approximate surface area is 142 Å². The highest BCUT2D eigenvalue weighted by atomic mass is 16.5. The highest BCUT2D eigenvalue weighted by molar-refractivity contribution is 6.00. The normalized spacial score (nSPS) is 10.2. The molecule has 0 aliphatic heterocycles. The number of nitrogens with one attached hydrogen (secondary N) is 1. The van der Waals surface area contributed by atoms with E-state index in [1.165, 1.54) is 5.56 Å². The zero-order valence-corrected chi connectivity index (χ0v) is 14.2. The minimum atomic E-state index is -0.154. The predicted molar refractivity (Wildman–Crippen MR) is 95.6 cm³/mol. The topological polar surface area (TPSA) is 55.4 Å². The Bertz CT molecular complexity index is 675. The first-order chi connectivity index (χ1) is 11.6. The van der Waals surface area contributed by atoms with E-state index in [-0.39, 0.29) is 24.5 Å². The molecule has 0 spiro atoms. The number of carbonyl (C=O) groups excluding carboxylic acids is 2. The van der Waals surface area contributed by atoms with E-state index in [0.717, 1.165) is 17.9 Å². The Hall–Kier alpha value is -2.62. The maximum absolute atomic E-state index is 12.1. The first-order valence-corrected chi connectivity index (χ1v) is 8.27. The summed E-state index contributed by atoms with van der Waals surface area (Å²) in [5, 5.41) is 2.81. The summed E-state index contributed by atoms with van der Waals surface area (Å²) in [6, 6.07) is 14.7. The molecule has 0 saturated carbocycles. The third-order valence-electron chi connectivity index (χ3n) is 3.71. The fraction of sp³-hybridized carbons (Fsp3) is 0.300. The molecule has 0 aliphatic rings. The average Bonchev–Trinajstić information content (AvgIpc) is 2.61. The lowest BCUT2D eigenvalue weighted by molar-refractivity contribution is -0.116. The summed E-state index contributed by atoms with van der Waals surface area (Å²) >= 11 is 0. The summed E-state index contributed by atoms with van der Waals surface area (Å²) in [5.41, 5.74) is 2.57. The van der Waals surface area contributed by atoms with Crippen molar-refractivity contribution >= 4 is 17.4 Å². The van der Waals surface area contributed by atoms with Crippen LogP contribution in [-0.2, 0) is 11.2 Å². The van der Waals surface area contributed by atoms with Gasteiger partial charge in [0.05, 0.1) is 6.61 Å². The second-order valence-corrected chi connectivity index (χ2v) is 5.48. The molecule has 0 aromatic heterocycles. The molecule has 4 nitrogen and oxygen atoms in total. The van der Waals surface area contributed by atoms with Crippen LogP contribution in [0.5, 0.6) is 5.75 Å². The summed E-state index contributed by atoms with van der Waals surface area (Å²) in [6.45, 7) is 4.58. The standard InChI is InChI=1S/C20H23NO3/c1-3-15-5-9-17(10-6-15)21-20(23)14-13-19(22)16-7-11-18(12-8-16)24-4-2/h5-12H,3-4,13-14H2,1-2H3,(H,21,23). The number of ether oxygens (including phenoxy) is 1. The second kappa shape index (κ2) is 8.87. The Kier molecular flexibility index (Phi) is 6.55. The van der Waals surface area contributed by atoms with Gasteiger partial charge in [-0.25, -0.2) is 0 Å². The molecule has 0 atom stereocenters. The van der Waals surface area contributed by atoms with Gasteiger partial charge in [0.1, 0.15) is 5.75 Å². The van der Waals surface area contributed by atoms with Gasteiger partial charge in [-0.15, -0.1) is 0 Å². The van der Waals surface area contributed by atoms with Gasteiger partial charge in [0.15, 0.2) is 5.78 Å². The third-order valence-corrected chi connectivity index (χ3v) is 3.71. The number of ketones is 1. The number of hydrogen-bond acceptors (Lipinski definition) is 3. The van der Waals surface area contributed by atoms with Crippen LogP contribution in [0.1, 0.15) is 42.6 Å². The van der Waals surface area contributed by atoms with Gasteiger partial charge in [-0.3, -0.25) is 9.59 Å². The molecule has 0 bridgehead atoms. The maximum Gasteiger partial charge on any atom is 0.224 e. The summed E-state index contributed by atoms with van der Waals surface area (Å²) in [4.78, 5) is 24.1. The van der Waals surface area contributed by atoms with Crippen molar-refractivity contribution in [2.45, 2.75) is 33.1 Å². The van der Waals surface area contributed by atoms with Crippen LogP contribution in [0.3, 0.4) is 0 Å². The van der Waals surface area contributed by atoms with Crippen LogP contribution in [0.15, 0.2) is 48.5 Å². The monoisotopic (exact) mass is 325 g/mol. The Morgan fingerprint density at radius 1 is 0.917 bits per heavy atom. The second-order valence-electron chi connectivity index (χ2n) is 5.48. The lowest BCUT2D eigenvalue weighted by Crippen LogP contribution is -2.13. The smallest absolute Gasteiger partial charge is 0.224 e. The summed E-state index contributed by atoms with van der Waals surface area (Å²) in [5.74, 6) is 0.537. The fourth-order valence-electron chi connectivity index (χ4n) is 2.32. The zero-order chi connectivity index (χ0) is 17.4. The average molecular weight is 325 g/mol. The quantitative estimate of drug-likeness (QED) is 0.738. The lowest BCUT2D eigenvalue weighted by Gasteiger charge is -2.07. The van der Waals surface area contributed by atoms with Crippen molar-refractivity contribution in [2.75, 3.05) is 11.9 Å². The molecular weight excluding hydrogens is 302 g/mol. The first kappa shape index (κ1) is 17.7. The molecule has 2 aromatic rings. The molecule has 0 aliphatic carbocycles. The van der Waals surface area contributed by atoms with Crippen LogP contribution in [0.2, 0.25) is 0 Å². The van der Waals surface area contributed by atoms with E-state index in [0.29, 0.717) is 12.2 Å². The molecule has 4 heteroatoms. The van der Waals surface area contributed by atoms with E-state index in [4.69, 9.17) is 4.74 Å². The number of hydrogen-bond donors (Lipinski definition) is 1. The van der Waals surface area contributed by atoms with E-state index in [2.05, 4.69) is 12.2 Å². The van der Waals surface area contributed by atoms with Gasteiger partial charge in [0.25, 0.3) is 0 Å². The van der Waals surface area contributed by atoms with Crippen molar-refractivity contribution in [3.63, 3.8) is 0 Å². The van der Waals surface area contributed by atoms with Crippen LogP contribution in [0.25, 0.3) is 0 Å². The number of benzene rings is 2. The summed E-state index contributed by atoms with van der Waals surface area (Å²) < 4.78 is 5.35. The van der Waals surface area contributed by atoms with E-state index in [1.807, 2.05) is 31.2 Å². The van der Waals surface area contributed by atoms with Gasteiger partial charge in [0.2, 0.25) is 5.91 Å². The molecule has 0 saturated heterocycles. The molecule has 0 heterocycles. The van der Waals surface area contributed by atoms with Gasteiger partial charge in [-0.1, -0.05) is 19.1 Å². The first-order valence-electron chi connectivity index (χ1n) is 8.27. The highest BCUT2D eigenvalue weighted by Crippen LogP contribution is 2.15. The summed E-state index contributed by atoms with van der Waals surface area (Å²) in [6.07, 6.45) is 1.32. The minimum Gasteiger partial charge on any atom is -0.494 e. The number of carbonyl (C=O) groups is 2. The Morgan fingerprint density at radius 3 is 2.17 bits per heavy atom. The third kappa shape index (κ3) is 5.23. The number of anilines is 1. The van der Waals surface area contributed by atoms with E-state index < -0.39 is 0 Å². The zero-order valence-electron chi connectivity index (χ0n) is 14.2. The molecule has 24 heavy (non-hydrogen) atoms. The van der Waals surface area contributed by atoms with Crippen LogP contribution < -0.4 is 10.1 Å². The predicted octanol–water partition coefficient (Wildman–Crippen LogP) is 4.25. The van der Waals surface area contributed by atoms with Gasteiger partial charge >= 0.3 is 0 Å². The van der Waals surface area contributed by atoms with E-state index >= 15 is 0 Å². The molecule has 1 N–H and O–H groups in total. The van der Waals surface area contributed by atoms with Crippen molar-refractivity contribution in [1.29, 1.82) is 0 Å². The van der Waals surface area contributed by atoms with Crippen molar-refractivity contribution in [2.24, 2.45) is 0 Å². The molecular formula is C20H23NO3. The lowest BCUT2D eigenvalue weighted by atomic mass is 10.1. The molecule has 1 amide bonds. The fourth-order valence-corrected chi connectivity index (χ4v) is 2.32. The van der Waals surface area contributed by atoms with Gasteiger partial charge in [-0.2, -0.15) is 0 Å². The molecule has 0 radical (unpaired) electrons. The SMILES string of the molecule is CCOc1ccc(C(=O)CCC(=O)Nc2ccc(CC)cc2)cc1. The number of Topliss-reactive ketones (excluding diaryl/α,β-unsaturated/α-hetero) is 1. The number of aryl methyl sites for hydroxylation is 1. The Morgan fingerprint density at radius 2 is 1.58 bits per heavy atom. The molecule has 2 rings (SSSR count). The number of rotatable bonds is 8. The van der Waals surface area contributed by atoms with Crippen LogP contribution in [0.4, 0.5) is 5.69 Å².